The molecule has 0 bridgehead atoms. The summed E-state index contributed by atoms with van der Waals surface area (Å²) in [7, 11) is 0. The summed E-state index contributed by atoms with van der Waals surface area (Å²) in [5, 5.41) is 9.06. The number of rotatable bonds is 3. The van der Waals surface area contributed by atoms with E-state index in [9.17, 15) is 9.59 Å². The highest BCUT2D eigenvalue weighted by atomic mass is 16.5. The molecule has 0 saturated carbocycles. The maximum Gasteiger partial charge on any atom is 0.334 e. The van der Waals surface area contributed by atoms with Gasteiger partial charge in [0.15, 0.2) is 6.10 Å². The highest BCUT2D eigenvalue weighted by molar-refractivity contribution is 5.94. The molecule has 1 aromatic rings. The van der Waals surface area contributed by atoms with Gasteiger partial charge in [-0.2, -0.15) is 0 Å². The number of ether oxygens (including phenoxy) is 1. The van der Waals surface area contributed by atoms with Gasteiger partial charge in [0, 0.05) is 12.1 Å². The first-order valence-corrected chi connectivity index (χ1v) is 7.16. The van der Waals surface area contributed by atoms with Gasteiger partial charge in [-0.1, -0.05) is 26.0 Å². The minimum absolute atomic E-state index is 0.0877. The second-order valence-corrected chi connectivity index (χ2v) is 5.76. The average molecular weight is 291 g/mol. The Balaban J connectivity index is 2.13. The fraction of sp³-hybridized carbons (Fsp3) is 0.500. The molecule has 5 heteroatoms. The molecule has 1 saturated heterocycles. The normalized spacial score (nSPS) is 22.4. The van der Waals surface area contributed by atoms with Crippen molar-refractivity contribution >= 4 is 11.9 Å². The van der Waals surface area contributed by atoms with Gasteiger partial charge in [0.05, 0.1) is 12.6 Å². The second-order valence-electron chi connectivity index (χ2n) is 5.76. The van der Waals surface area contributed by atoms with E-state index in [0.29, 0.717) is 18.0 Å². The number of carboxylic acid groups (broad SMARTS) is 1. The number of carbonyl (C=O) groups is 2. The van der Waals surface area contributed by atoms with E-state index in [-0.39, 0.29) is 18.6 Å². The predicted octanol–water partition coefficient (Wildman–Crippen LogP) is 2.12. The van der Waals surface area contributed by atoms with Crippen molar-refractivity contribution in [1.82, 2.24) is 4.90 Å². The molecular formula is C16H21NO4. The zero-order valence-corrected chi connectivity index (χ0v) is 12.6. The zero-order valence-electron chi connectivity index (χ0n) is 12.6. The molecule has 1 aromatic carbocycles. The number of carbonyl (C=O) groups excluding carboxylic acids is 1. The van der Waals surface area contributed by atoms with Crippen LogP contribution in [0.1, 0.15) is 42.6 Å². The smallest absolute Gasteiger partial charge is 0.334 e. The van der Waals surface area contributed by atoms with Crippen LogP contribution < -0.4 is 0 Å². The summed E-state index contributed by atoms with van der Waals surface area (Å²) in [6, 6.07) is 7.48. The molecule has 0 aromatic heterocycles. The molecule has 5 nitrogen and oxygen atoms in total. The highest BCUT2D eigenvalue weighted by Gasteiger charge is 2.32. The second kappa shape index (κ2) is 6.26. The minimum Gasteiger partial charge on any atom is -0.479 e. The summed E-state index contributed by atoms with van der Waals surface area (Å²) >= 11 is 0. The van der Waals surface area contributed by atoms with E-state index in [1.165, 1.54) is 5.56 Å². The Morgan fingerprint density at radius 3 is 2.38 bits per heavy atom. The molecule has 1 unspecified atom stereocenters. The van der Waals surface area contributed by atoms with Crippen molar-refractivity contribution in [2.24, 2.45) is 0 Å². The van der Waals surface area contributed by atoms with E-state index < -0.39 is 12.1 Å². The third-order valence-corrected chi connectivity index (χ3v) is 3.65. The molecule has 2 rings (SSSR count). The first kappa shape index (κ1) is 15.5. The van der Waals surface area contributed by atoms with Gasteiger partial charge in [-0.25, -0.2) is 4.79 Å². The van der Waals surface area contributed by atoms with Crippen LogP contribution in [0.3, 0.4) is 0 Å². The Kier molecular flexibility index (Phi) is 4.63. The fourth-order valence-corrected chi connectivity index (χ4v) is 2.45. The molecule has 21 heavy (non-hydrogen) atoms. The minimum atomic E-state index is -1.03. The Morgan fingerprint density at radius 2 is 1.86 bits per heavy atom. The lowest BCUT2D eigenvalue weighted by Gasteiger charge is -2.35. The van der Waals surface area contributed by atoms with Gasteiger partial charge < -0.3 is 14.7 Å². The van der Waals surface area contributed by atoms with Crippen molar-refractivity contribution in [2.45, 2.75) is 38.9 Å². The van der Waals surface area contributed by atoms with Gasteiger partial charge in [0.1, 0.15) is 0 Å². The predicted molar refractivity (Wildman–Crippen MR) is 78.4 cm³/mol. The molecular weight excluding hydrogens is 270 g/mol. The van der Waals surface area contributed by atoms with E-state index in [4.69, 9.17) is 9.84 Å². The molecule has 0 radical (unpaired) electrons. The van der Waals surface area contributed by atoms with Crippen LogP contribution in [0.15, 0.2) is 24.3 Å². The molecule has 114 valence electrons. The van der Waals surface area contributed by atoms with Gasteiger partial charge in [0.2, 0.25) is 0 Å². The summed E-state index contributed by atoms with van der Waals surface area (Å²) in [5.74, 6) is -0.768. The van der Waals surface area contributed by atoms with Crippen LogP contribution in [0.5, 0.6) is 0 Å². The van der Waals surface area contributed by atoms with E-state index >= 15 is 0 Å². The topological polar surface area (TPSA) is 66.8 Å². The van der Waals surface area contributed by atoms with Crippen molar-refractivity contribution in [3.63, 3.8) is 0 Å². The molecule has 1 amide bonds. The van der Waals surface area contributed by atoms with Crippen molar-refractivity contribution in [1.29, 1.82) is 0 Å². The number of aliphatic carboxylic acids is 1. The number of nitrogens with zero attached hydrogens (tertiary/aromatic N) is 1. The SMILES string of the molecule is CC(C)c1ccc(C(=O)N2CC(C(=O)O)O[C@H](C)C2)cc1. The lowest BCUT2D eigenvalue weighted by molar-refractivity contribution is -0.160. The van der Waals surface area contributed by atoms with Crippen molar-refractivity contribution < 1.29 is 19.4 Å². The summed E-state index contributed by atoms with van der Waals surface area (Å²) in [5.41, 5.74) is 1.75. The molecule has 1 aliphatic heterocycles. The van der Waals surface area contributed by atoms with Gasteiger partial charge >= 0.3 is 5.97 Å². The quantitative estimate of drug-likeness (QED) is 0.926. The summed E-state index contributed by atoms with van der Waals surface area (Å²) in [6.45, 7) is 6.46. The summed E-state index contributed by atoms with van der Waals surface area (Å²) in [4.78, 5) is 25.1. The lowest BCUT2D eigenvalue weighted by atomic mass is 10.0. The van der Waals surface area contributed by atoms with Gasteiger partial charge in [0.25, 0.3) is 5.91 Å². The number of amides is 1. The summed E-state index contributed by atoms with van der Waals surface area (Å²) < 4.78 is 5.32. The van der Waals surface area contributed by atoms with Gasteiger partial charge in [-0.05, 0) is 30.5 Å². The molecule has 1 fully saturated rings. The van der Waals surface area contributed by atoms with Gasteiger partial charge in [-0.15, -0.1) is 0 Å². The van der Waals surface area contributed by atoms with E-state index in [0.717, 1.165) is 0 Å². The van der Waals surface area contributed by atoms with Crippen LogP contribution in [-0.2, 0) is 9.53 Å². The third-order valence-electron chi connectivity index (χ3n) is 3.65. The number of hydrogen-bond acceptors (Lipinski definition) is 3. The standard InChI is InChI=1S/C16H21NO4/c1-10(2)12-4-6-13(7-5-12)15(18)17-8-11(3)21-14(9-17)16(19)20/h4-7,10-11,14H,8-9H2,1-3H3,(H,19,20)/t11-,14?/m1/s1. The largest absolute Gasteiger partial charge is 0.479 e. The molecule has 1 N–H and O–H groups in total. The lowest BCUT2D eigenvalue weighted by Crippen LogP contribution is -2.51. The Hall–Kier alpha value is -1.88. The van der Waals surface area contributed by atoms with Crippen molar-refractivity contribution in [2.75, 3.05) is 13.1 Å². The maximum atomic E-state index is 12.5. The number of benzene rings is 1. The van der Waals surface area contributed by atoms with Gasteiger partial charge in [-0.3, -0.25) is 4.79 Å². The molecule has 1 aliphatic rings. The zero-order chi connectivity index (χ0) is 15.6. The van der Waals surface area contributed by atoms with Crippen molar-refractivity contribution in [3.8, 4) is 0 Å². The maximum absolute atomic E-state index is 12.5. The number of hydrogen-bond donors (Lipinski definition) is 1. The Labute approximate surface area is 124 Å². The van der Waals surface area contributed by atoms with Crippen LogP contribution in [0, 0.1) is 0 Å². The third kappa shape index (κ3) is 3.61. The first-order valence-electron chi connectivity index (χ1n) is 7.16. The van der Waals surface area contributed by atoms with Crippen LogP contribution in [0.25, 0.3) is 0 Å². The average Bonchev–Trinajstić information content (AvgIpc) is 2.45. The molecule has 0 spiro atoms. The van der Waals surface area contributed by atoms with Crippen LogP contribution >= 0.6 is 0 Å². The van der Waals surface area contributed by atoms with Crippen LogP contribution in [0.4, 0.5) is 0 Å². The Morgan fingerprint density at radius 1 is 1.24 bits per heavy atom. The van der Waals surface area contributed by atoms with Crippen molar-refractivity contribution in [3.05, 3.63) is 35.4 Å². The molecule has 2 atom stereocenters. The van der Waals surface area contributed by atoms with Crippen LogP contribution in [0.2, 0.25) is 0 Å². The van der Waals surface area contributed by atoms with E-state index in [1.54, 1.807) is 24.0 Å². The number of carboxylic acids is 1. The summed E-state index contributed by atoms with van der Waals surface area (Å²) in [6.07, 6.45) is -1.23. The van der Waals surface area contributed by atoms with Crippen LogP contribution in [-0.4, -0.2) is 47.2 Å². The van der Waals surface area contributed by atoms with E-state index in [2.05, 4.69) is 13.8 Å². The number of morpholine rings is 1. The Bertz CT molecular complexity index is 524. The molecule has 1 heterocycles. The monoisotopic (exact) mass is 291 g/mol. The highest BCUT2D eigenvalue weighted by Crippen LogP contribution is 2.18. The van der Waals surface area contributed by atoms with E-state index in [1.807, 2.05) is 12.1 Å². The molecule has 0 aliphatic carbocycles. The fourth-order valence-electron chi connectivity index (χ4n) is 2.45. The first-order chi connectivity index (χ1) is 9.88.